The Bertz CT molecular complexity index is 682. The molecule has 0 unspecified atom stereocenters. The third-order valence-corrected chi connectivity index (χ3v) is 3.21. The quantitative estimate of drug-likeness (QED) is 0.356. The molecule has 4 aromatic rings. The van der Waals surface area contributed by atoms with Crippen molar-refractivity contribution in [3.8, 4) is 0 Å². The zero-order valence-electron chi connectivity index (χ0n) is 13.4. The molecule has 0 saturated heterocycles. The molecule has 0 aromatic heterocycles. The van der Waals surface area contributed by atoms with Gasteiger partial charge in [-0.1, -0.05) is 115 Å². The Balaban J connectivity index is 0.000000131. The Morgan fingerprint density at radius 1 is 0.478 bits per heavy atom. The molecule has 0 bridgehead atoms. The Morgan fingerprint density at radius 2 is 0.870 bits per heavy atom. The van der Waals surface area contributed by atoms with Crippen LogP contribution in [0.5, 0.6) is 0 Å². The zero-order valence-corrected chi connectivity index (χ0v) is 13.4. The lowest BCUT2D eigenvalue weighted by molar-refractivity contribution is 1.48. The predicted octanol–water partition coefficient (Wildman–Crippen LogP) is 6.32. The highest BCUT2D eigenvalue weighted by Gasteiger charge is 1.85. The van der Waals surface area contributed by atoms with E-state index in [9.17, 15) is 0 Å². The van der Waals surface area contributed by atoms with Gasteiger partial charge in [-0.15, -0.1) is 0 Å². The lowest BCUT2D eigenvalue weighted by Crippen LogP contribution is -1.67. The highest BCUT2D eigenvalue weighted by atomic mass is 13.9. The topological polar surface area (TPSA) is 0 Å². The van der Waals surface area contributed by atoms with Crippen LogP contribution in [0.25, 0.3) is 10.8 Å². The highest BCUT2D eigenvalue weighted by molar-refractivity contribution is 5.81. The minimum absolute atomic E-state index is 1.31. The van der Waals surface area contributed by atoms with E-state index >= 15 is 0 Å². The Kier molecular flexibility index (Phi) is 7.15. The number of aryl methyl sites for hydroxylation is 1. The summed E-state index contributed by atoms with van der Waals surface area (Å²) >= 11 is 0. The average molecular weight is 297 g/mol. The Morgan fingerprint density at radius 3 is 1.13 bits per heavy atom. The van der Waals surface area contributed by atoms with Crippen molar-refractivity contribution in [3.63, 3.8) is 0 Å². The predicted molar refractivity (Wildman–Crippen MR) is 100 cm³/mol. The fourth-order valence-corrected chi connectivity index (χ4v) is 2.01. The van der Waals surface area contributed by atoms with Gasteiger partial charge >= 0.3 is 0 Å². The van der Waals surface area contributed by atoms with Crippen molar-refractivity contribution in [3.05, 3.63) is 121 Å². The lowest BCUT2D eigenvalue weighted by atomic mass is 10.1. The summed E-state index contributed by atoms with van der Waals surface area (Å²) in [6, 6.07) is 39.5. The van der Waals surface area contributed by atoms with Crippen molar-refractivity contribution in [2.24, 2.45) is 0 Å². The normalized spacial score (nSPS) is 9.09. The van der Waals surface area contributed by atoms with Gasteiger partial charge in [0.25, 0.3) is 0 Å². The van der Waals surface area contributed by atoms with E-state index in [1.165, 1.54) is 16.3 Å². The van der Waals surface area contributed by atoms with Crippen molar-refractivity contribution in [2.75, 3.05) is 0 Å². The Labute approximate surface area is 139 Å². The van der Waals surface area contributed by atoms with Crippen molar-refractivity contribution < 1.29 is 0 Å². The largest absolute Gasteiger partial charge is 0.0622 e. The van der Waals surface area contributed by atoms with Crippen LogP contribution in [-0.4, -0.2) is 0 Å². The summed E-state index contributed by atoms with van der Waals surface area (Å²) in [5.41, 5.74) is 1.32. The van der Waals surface area contributed by atoms with Gasteiger partial charge in [0.05, 0.1) is 0 Å². The van der Waals surface area contributed by atoms with E-state index in [0.29, 0.717) is 0 Å². The number of rotatable bonds is 0. The SMILES string of the molecule is Cc1ccccc1.[c]1ccccc1.c1ccc2ccccc2c1. The average Bonchev–Trinajstić information content (AvgIpc) is 2.65. The summed E-state index contributed by atoms with van der Waals surface area (Å²) in [5.74, 6) is 0. The molecule has 4 aromatic carbocycles. The van der Waals surface area contributed by atoms with Gasteiger partial charge in [-0.25, -0.2) is 0 Å². The first-order valence-corrected chi connectivity index (χ1v) is 7.73. The van der Waals surface area contributed by atoms with E-state index in [-0.39, 0.29) is 0 Å². The maximum Gasteiger partial charge on any atom is -0.0184 e. The minimum atomic E-state index is 1.31. The van der Waals surface area contributed by atoms with Crippen LogP contribution in [0.15, 0.2) is 109 Å². The number of benzene rings is 4. The number of hydrogen-bond donors (Lipinski definition) is 0. The first-order chi connectivity index (χ1) is 11.4. The van der Waals surface area contributed by atoms with E-state index in [1.54, 1.807) is 0 Å². The molecule has 4 rings (SSSR count). The third-order valence-electron chi connectivity index (χ3n) is 3.21. The Hall–Kier alpha value is -2.86. The van der Waals surface area contributed by atoms with Crippen molar-refractivity contribution in [1.29, 1.82) is 0 Å². The molecule has 0 heterocycles. The van der Waals surface area contributed by atoms with Crippen molar-refractivity contribution >= 4 is 10.8 Å². The second-order valence-electron chi connectivity index (χ2n) is 5.08. The van der Waals surface area contributed by atoms with Gasteiger partial charge in [0.2, 0.25) is 0 Å². The van der Waals surface area contributed by atoms with Gasteiger partial charge in [0, 0.05) is 0 Å². The highest BCUT2D eigenvalue weighted by Crippen LogP contribution is 2.11. The molecule has 0 amide bonds. The minimum Gasteiger partial charge on any atom is -0.0622 e. The summed E-state index contributed by atoms with van der Waals surface area (Å²) in [5, 5.41) is 2.62. The molecule has 113 valence electrons. The summed E-state index contributed by atoms with van der Waals surface area (Å²) < 4.78 is 0. The monoisotopic (exact) mass is 297 g/mol. The molecule has 0 atom stereocenters. The van der Waals surface area contributed by atoms with Crippen molar-refractivity contribution in [1.82, 2.24) is 0 Å². The van der Waals surface area contributed by atoms with Crippen LogP contribution in [0, 0.1) is 13.0 Å². The lowest BCUT2D eigenvalue weighted by Gasteiger charge is -1.92. The van der Waals surface area contributed by atoms with E-state index in [1.807, 2.05) is 48.5 Å². The van der Waals surface area contributed by atoms with E-state index in [0.717, 1.165) is 0 Å². The van der Waals surface area contributed by atoms with Crippen LogP contribution < -0.4 is 0 Å². The van der Waals surface area contributed by atoms with Gasteiger partial charge in [-0.3, -0.25) is 0 Å². The zero-order chi connectivity index (χ0) is 16.2. The van der Waals surface area contributed by atoms with Crippen LogP contribution in [0.2, 0.25) is 0 Å². The van der Waals surface area contributed by atoms with Gasteiger partial charge in [0.1, 0.15) is 0 Å². The first-order valence-electron chi connectivity index (χ1n) is 7.73. The molecule has 0 aliphatic rings. The van der Waals surface area contributed by atoms with Gasteiger partial charge in [-0.2, -0.15) is 0 Å². The molecule has 0 nitrogen and oxygen atoms in total. The smallest absolute Gasteiger partial charge is 0.0184 e. The molecular formula is C23H21. The summed E-state index contributed by atoms with van der Waals surface area (Å²) in [7, 11) is 0. The maximum absolute atomic E-state index is 2.89. The summed E-state index contributed by atoms with van der Waals surface area (Å²) in [4.78, 5) is 0. The first kappa shape index (κ1) is 16.5. The van der Waals surface area contributed by atoms with Gasteiger partial charge in [0.15, 0.2) is 0 Å². The third kappa shape index (κ3) is 6.62. The second-order valence-corrected chi connectivity index (χ2v) is 5.08. The fraction of sp³-hybridized carbons (Fsp3) is 0.0435. The molecule has 0 aliphatic heterocycles. The summed E-state index contributed by atoms with van der Waals surface area (Å²) in [6.45, 7) is 2.08. The van der Waals surface area contributed by atoms with Crippen molar-refractivity contribution in [2.45, 2.75) is 6.92 Å². The number of fused-ring (bicyclic) bond motifs is 1. The van der Waals surface area contributed by atoms with Crippen LogP contribution in [0.4, 0.5) is 0 Å². The standard InChI is InChI=1S/C10H8.C7H8.C6H5/c1-2-6-10-8-4-3-7-9(10)5-1;1-7-5-3-2-4-6-7;1-2-4-6-5-3-1/h1-8H;2-6H,1H3;1-5H. The molecule has 0 fully saturated rings. The molecule has 1 radical (unpaired) electrons. The molecule has 0 aliphatic carbocycles. The fourth-order valence-electron chi connectivity index (χ4n) is 2.01. The molecule has 0 heteroatoms. The maximum atomic E-state index is 2.89. The summed E-state index contributed by atoms with van der Waals surface area (Å²) in [6.07, 6.45) is 0. The molecule has 0 saturated carbocycles. The van der Waals surface area contributed by atoms with E-state index in [4.69, 9.17) is 0 Å². The van der Waals surface area contributed by atoms with E-state index in [2.05, 4.69) is 73.7 Å². The van der Waals surface area contributed by atoms with Crippen LogP contribution in [0.3, 0.4) is 0 Å². The van der Waals surface area contributed by atoms with Crippen LogP contribution >= 0.6 is 0 Å². The molecule has 0 N–H and O–H groups in total. The van der Waals surface area contributed by atoms with E-state index < -0.39 is 0 Å². The van der Waals surface area contributed by atoms with Gasteiger partial charge in [-0.05, 0) is 23.8 Å². The second kappa shape index (κ2) is 9.97. The molecular weight excluding hydrogens is 276 g/mol. The van der Waals surface area contributed by atoms with Gasteiger partial charge < -0.3 is 0 Å². The van der Waals surface area contributed by atoms with Crippen LogP contribution in [0.1, 0.15) is 5.56 Å². The molecule has 0 spiro atoms. The number of hydrogen-bond acceptors (Lipinski definition) is 0. The molecule has 23 heavy (non-hydrogen) atoms. The van der Waals surface area contributed by atoms with Crippen LogP contribution in [-0.2, 0) is 0 Å².